The Kier molecular flexibility index (Phi) is 6.55. The molecule has 0 radical (unpaired) electrons. The molecule has 3 aromatic rings. The van der Waals surface area contributed by atoms with E-state index in [9.17, 15) is 14.0 Å². The predicted molar refractivity (Wildman–Crippen MR) is 120 cm³/mol. The minimum atomic E-state index is -0.686. The normalized spacial score (nSPS) is 17.1. The summed E-state index contributed by atoms with van der Waals surface area (Å²) in [6, 6.07) is 16.5. The summed E-state index contributed by atoms with van der Waals surface area (Å²) >= 11 is 1.20. The molecule has 0 saturated carbocycles. The van der Waals surface area contributed by atoms with Crippen molar-refractivity contribution in [3.05, 3.63) is 78.5 Å². The Hall–Kier alpha value is -3.59. The van der Waals surface area contributed by atoms with Crippen LogP contribution in [-0.2, 0) is 16.1 Å². The molecule has 0 aliphatic carbocycles. The number of nitrogens with one attached hydrogen (secondary N) is 1. The Labute approximate surface area is 188 Å². The molecule has 4 rings (SSSR count). The third-order valence-corrected chi connectivity index (χ3v) is 5.91. The number of aliphatic imine (C=N–C) groups is 1. The minimum absolute atomic E-state index is 0.0764. The molecule has 1 aliphatic rings. The summed E-state index contributed by atoms with van der Waals surface area (Å²) in [5, 5.41) is 2.30. The average Bonchev–Trinajstić information content (AvgIpc) is 3.40. The smallest absolute Gasteiger partial charge is 0.243 e. The Bertz CT molecular complexity index is 1130. The third kappa shape index (κ3) is 5.00. The summed E-state index contributed by atoms with van der Waals surface area (Å²) in [5.41, 5.74) is 0.717. The SMILES string of the molecule is COc1ccc(N=C2S[C@@H](CC(=O)Nc3ccccc3F)C(=O)N2Cc2ccco2)cc1. The van der Waals surface area contributed by atoms with Gasteiger partial charge in [-0.1, -0.05) is 23.9 Å². The van der Waals surface area contributed by atoms with Crippen LogP contribution >= 0.6 is 11.8 Å². The van der Waals surface area contributed by atoms with Gasteiger partial charge in [0.25, 0.3) is 0 Å². The van der Waals surface area contributed by atoms with Crippen LogP contribution in [0.1, 0.15) is 12.2 Å². The van der Waals surface area contributed by atoms with Gasteiger partial charge in [0.2, 0.25) is 11.8 Å². The van der Waals surface area contributed by atoms with E-state index in [1.807, 2.05) is 0 Å². The van der Waals surface area contributed by atoms with E-state index in [0.717, 1.165) is 0 Å². The van der Waals surface area contributed by atoms with Crippen molar-refractivity contribution >= 4 is 40.1 Å². The molecule has 0 spiro atoms. The van der Waals surface area contributed by atoms with Gasteiger partial charge >= 0.3 is 0 Å². The zero-order chi connectivity index (χ0) is 22.5. The van der Waals surface area contributed by atoms with E-state index in [2.05, 4.69) is 10.3 Å². The number of furan rings is 1. The standard InChI is InChI=1S/C23H20FN3O4S/c1-30-16-10-8-15(9-11-16)25-23-27(14-17-5-4-12-31-17)22(29)20(32-23)13-21(28)26-19-7-3-2-6-18(19)24/h2-12,20H,13-14H2,1H3,(H,26,28)/t20-/m0/s1. The van der Waals surface area contributed by atoms with Crippen molar-refractivity contribution in [3.63, 3.8) is 0 Å². The number of benzene rings is 2. The zero-order valence-corrected chi connectivity index (χ0v) is 18.0. The predicted octanol–water partition coefficient (Wildman–Crippen LogP) is 4.59. The number of rotatable bonds is 7. The van der Waals surface area contributed by atoms with Crippen molar-refractivity contribution < 1.29 is 23.1 Å². The van der Waals surface area contributed by atoms with E-state index in [4.69, 9.17) is 9.15 Å². The van der Waals surface area contributed by atoms with E-state index in [-0.39, 0.29) is 24.6 Å². The first-order valence-electron chi connectivity index (χ1n) is 9.81. The molecule has 1 fully saturated rings. The fraction of sp³-hybridized carbons (Fsp3) is 0.174. The van der Waals surface area contributed by atoms with Gasteiger partial charge in [-0.25, -0.2) is 9.38 Å². The van der Waals surface area contributed by atoms with Crippen LogP contribution in [0, 0.1) is 5.82 Å². The maximum Gasteiger partial charge on any atom is 0.243 e. The van der Waals surface area contributed by atoms with Crippen molar-refractivity contribution in [2.45, 2.75) is 18.2 Å². The van der Waals surface area contributed by atoms with E-state index in [1.165, 1.54) is 41.1 Å². The second-order valence-corrected chi connectivity index (χ2v) is 8.10. The molecule has 2 aromatic carbocycles. The molecule has 1 aromatic heterocycles. The lowest BCUT2D eigenvalue weighted by Crippen LogP contribution is -2.33. The number of ether oxygens (including phenoxy) is 1. The van der Waals surface area contributed by atoms with Crippen LogP contribution in [0.15, 0.2) is 76.3 Å². The Morgan fingerprint density at radius 1 is 1.19 bits per heavy atom. The highest BCUT2D eigenvalue weighted by Crippen LogP contribution is 2.33. The van der Waals surface area contributed by atoms with Crippen LogP contribution in [0.25, 0.3) is 0 Å². The van der Waals surface area contributed by atoms with Gasteiger partial charge < -0.3 is 14.5 Å². The van der Waals surface area contributed by atoms with Crippen LogP contribution < -0.4 is 10.1 Å². The van der Waals surface area contributed by atoms with Crippen LogP contribution in [0.3, 0.4) is 0 Å². The highest BCUT2D eigenvalue weighted by molar-refractivity contribution is 8.15. The summed E-state index contributed by atoms with van der Waals surface area (Å²) < 4.78 is 24.4. The van der Waals surface area contributed by atoms with Crippen LogP contribution in [-0.4, -0.2) is 34.2 Å². The number of carbonyl (C=O) groups excluding carboxylic acids is 2. The number of halogens is 1. The summed E-state index contributed by atoms with van der Waals surface area (Å²) in [7, 11) is 1.58. The lowest BCUT2D eigenvalue weighted by Gasteiger charge is -2.15. The fourth-order valence-corrected chi connectivity index (χ4v) is 4.29. The number of thioether (sulfide) groups is 1. The van der Waals surface area contributed by atoms with E-state index < -0.39 is 17.0 Å². The van der Waals surface area contributed by atoms with Crippen molar-refractivity contribution in [1.82, 2.24) is 4.90 Å². The first-order valence-corrected chi connectivity index (χ1v) is 10.7. The maximum absolute atomic E-state index is 13.8. The number of carbonyl (C=O) groups is 2. The van der Waals surface area contributed by atoms with Gasteiger partial charge in [-0.05, 0) is 48.5 Å². The number of amidine groups is 1. The lowest BCUT2D eigenvalue weighted by molar-refractivity contribution is -0.128. The largest absolute Gasteiger partial charge is 0.497 e. The number of hydrogen-bond donors (Lipinski definition) is 1. The van der Waals surface area contributed by atoms with Gasteiger partial charge in [-0.2, -0.15) is 0 Å². The van der Waals surface area contributed by atoms with Gasteiger partial charge in [0.15, 0.2) is 5.17 Å². The lowest BCUT2D eigenvalue weighted by atomic mass is 10.2. The summed E-state index contributed by atoms with van der Waals surface area (Å²) in [6.45, 7) is 0.194. The maximum atomic E-state index is 13.8. The minimum Gasteiger partial charge on any atom is -0.497 e. The van der Waals surface area contributed by atoms with Gasteiger partial charge in [0, 0.05) is 6.42 Å². The average molecular weight is 453 g/mol. The molecular formula is C23H20FN3O4S. The van der Waals surface area contributed by atoms with E-state index in [0.29, 0.717) is 22.4 Å². The van der Waals surface area contributed by atoms with Gasteiger partial charge in [-0.3, -0.25) is 14.5 Å². The van der Waals surface area contributed by atoms with Gasteiger partial charge in [0.1, 0.15) is 22.6 Å². The summed E-state index contributed by atoms with van der Waals surface area (Å²) in [6.07, 6.45) is 1.41. The molecule has 7 nitrogen and oxygen atoms in total. The molecule has 0 bridgehead atoms. The number of anilines is 1. The van der Waals surface area contributed by atoms with Gasteiger partial charge in [0.05, 0.1) is 31.3 Å². The van der Waals surface area contributed by atoms with E-state index >= 15 is 0 Å². The first kappa shape index (κ1) is 21.6. The Balaban J connectivity index is 1.53. The number of para-hydroxylation sites is 1. The third-order valence-electron chi connectivity index (χ3n) is 4.73. The molecule has 164 valence electrons. The second kappa shape index (κ2) is 9.69. The van der Waals surface area contributed by atoms with Crippen molar-refractivity contribution in [2.75, 3.05) is 12.4 Å². The molecule has 2 amide bonds. The molecule has 1 N–H and O–H groups in total. The number of nitrogens with zero attached hydrogens (tertiary/aromatic N) is 2. The van der Waals surface area contributed by atoms with Crippen molar-refractivity contribution in [2.24, 2.45) is 4.99 Å². The molecule has 32 heavy (non-hydrogen) atoms. The zero-order valence-electron chi connectivity index (χ0n) is 17.2. The summed E-state index contributed by atoms with van der Waals surface area (Å²) in [4.78, 5) is 31.7. The Morgan fingerprint density at radius 2 is 1.97 bits per heavy atom. The quantitative estimate of drug-likeness (QED) is 0.566. The molecule has 0 unspecified atom stereocenters. The van der Waals surface area contributed by atoms with Crippen LogP contribution in [0.2, 0.25) is 0 Å². The molecule has 9 heteroatoms. The molecule has 1 atom stereocenters. The first-order chi connectivity index (χ1) is 15.5. The van der Waals surface area contributed by atoms with Crippen LogP contribution in [0.5, 0.6) is 5.75 Å². The van der Waals surface area contributed by atoms with Crippen molar-refractivity contribution in [1.29, 1.82) is 0 Å². The van der Waals surface area contributed by atoms with Gasteiger partial charge in [-0.15, -0.1) is 0 Å². The summed E-state index contributed by atoms with van der Waals surface area (Å²) in [5.74, 6) is 0.0384. The second-order valence-electron chi connectivity index (χ2n) is 6.93. The molecule has 1 saturated heterocycles. The fourth-order valence-electron chi connectivity index (χ4n) is 3.13. The van der Waals surface area contributed by atoms with Crippen LogP contribution in [0.4, 0.5) is 15.8 Å². The van der Waals surface area contributed by atoms with Crippen molar-refractivity contribution in [3.8, 4) is 5.75 Å². The molecular weight excluding hydrogens is 433 g/mol. The Morgan fingerprint density at radius 3 is 2.66 bits per heavy atom. The monoisotopic (exact) mass is 453 g/mol. The number of hydrogen-bond acceptors (Lipinski definition) is 6. The van der Waals surface area contributed by atoms with E-state index in [1.54, 1.807) is 49.6 Å². The molecule has 2 heterocycles. The number of amides is 2. The highest BCUT2D eigenvalue weighted by Gasteiger charge is 2.39. The highest BCUT2D eigenvalue weighted by atomic mass is 32.2. The topological polar surface area (TPSA) is 84.1 Å². The number of methoxy groups -OCH3 is 1. The molecule has 1 aliphatic heterocycles.